The van der Waals surface area contributed by atoms with Crippen molar-refractivity contribution in [2.24, 2.45) is 0 Å². The second-order valence-corrected chi connectivity index (χ2v) is 7.11. The third-order valence-electron chi connectivity index (χ3n) is 3.79. The number of aromatic nitrogens is 2. The minimum atomic E-state index is -3.70. The van der Waals surface area contributed by atoms with Gasteiger partial charge in [0, 0.05) is 6.42 Å². The molecule has 0 amide bonds. The van der Waals surface area contributed by atoms with E-state index in [1.165, 1.54) is 0 Å². The van der Waals surface area contributed by atoms with Crippen LogP contribution in [0.15, 0.2) is 27.5 Å². The van der Waals surface area contributed by atoms with Crippen LogP contribution in [0.25, 0.3) is 0 Å². The summed E-state index contributed by atoms with van der Waals surface area (Å²) in [7, 11) is -3.70. The standard InChI is InChI=1S/C15H19N3O3S/c1-2-6-14-16-17-15(21-14)18-22(19,20)13-10-5-8-11-7-3-4-9-12(11)13/h5,8,10H,2-4,6-7,9H2,1H3,(H,17,18). The Balaban J connectivity index is 1.89. The molecule has 0 bridgehead atoms. The van der Waals surface area contributed by atoms with Gasteiger partial charge in [0.1, 0.15) is 0 Å². The number of aryl methyl sites for hydroxylation is 2. The Morgan fingerprint density at radius 3 is 2.86 bits per heavy atom. The second-order valence-electron chi connectivity index (χ2n) is 5.46. The molecule has 1 aromatic heterocycles. The van der Waals surface area contributed by atoms with Crippen LogP contribution in [-0.4, -0.2) is 18.6 Å². The van der Waals surface area contributed by atoms with Gasteiger partial charge in [0.2, 0.25) is 5.89 Å². The number of rotatable bonds is 5. The lowest BCUT2D eigenvalue weighted by atomic mass is 9.92. The van der Waals surface area contributed by atoms with Gasteiger partial charge in [-0.3, -0.25) is 0 Å². The summed E-state index contributed by atoms with van der Waals surface area (Å²) in [6.45, 7) is 1.99. The molecule has 0 saturated carbocycles. The molecule has 0 aliphatic heterocycles. The van der Waals surface area contributed by atoms with Crippen molar-refractivity contribution in [1.82, 2.24) is 10.2 Å². The zero-order valence-electron chi connectivity index (χ0n) is 12.5. The molecule has 6 nitrogen and oxygen atoms in total. The van der Waals surface area contributed by atoms with Gasteiger partial charge in [0.25, 0.3) is 10.0 Å². The Bertz CT molecular complexity index is 768. The van der Waals surface area contributed by atoms with E-state index in [1.54, 1.807) is 12.1 Å². The summed E-state index contributed by atoms with van der Waals surface area (Å²) < 4.78 is 32.9. The predicted molar refractivity (Wildman–Crippen MR) is 82.2 cm³/mol. The van der Waals surface area contributed by atoms with Crippen molar-refractivity contribution in [3.63, 3.8) is 0 Å². The summed E-state index contributed by atoms with van der Waals surface area (Å²) in [5.74, 6) is 0.440. The van der Waals surface area contributed by atoms with Crippen molar-refractivity contribution in [2.45, 2.75) is 50.3 Å². The molecule has 1 heterocycles. The van der Waals surface area contributed by atoms with E-state index in [-0.39, 0.29) is 6.01 Å². The van der Waals surface area contributed by atoms with E-state index < -0.39 is 10.0 Å². The smallest absolute Gasteiger partial charge is 0.329 e. The van der Waals surface area contributed by atoms with Crippen LogP contribution in [0, 0.1) is 0 Å². The molecule has 118 valence electrons. The van der Waals surface area contributed by atoms with Crippen LogP contribution in [0.4, 0.5) is 6.01 Å². The van der Waals surface area contributed by atoms with E-state index in [2.05, 4.69) is 14.9 Å². The molecule has 7 heteroatoms. The average molecular weight is 321 g/mol. The van der Waals surface area contributed by atoms with E-state index in [0.29, 0.717) is 17.2 Å². The maximum atomic E-state index is 12.6. The lowest BCUT2D eigenvalue weighted by Crippen LogP contribution is -2.17. The normalized spacial score (nSPS) is 14.6. The third-order valence-corrected chi connectivity index (χ3v) is 5.20. The van der Waals surface area contributed by atoms with Crippen molar-refractivity contribution < 1.29 is 12.8 Å². The first-order valence-electron chi connectivity index (χ1n) is 7.56. The minimum Gasteiger partial charge on any atom is -0.407 e. The fourth-order valence-electron chi connectivity index (χ4n) is 2.78. The maximum Gasteiger partial charge on any atom is 0.329 e. The SMILES string of the molecule is CCCc1nnc(NS(=O)(=O)c2cccc3c2CCCC3)o1. The molecule has 0 spiro atoms. The lowest BCUT2D eigenvalue weighted by Gasteiger charge is -2.18. The first-order chi connectivity index (χ1) is 10.6. The van der Waals surface area contributed by atoms with E-state index in [4.69, 9.17) is 4.42 Å². The molecule has 0 fully saturated rings. The van der Waals surface area contributed by atoms with Crippen LogP contribution in [0.5, 0.6) is 0 Å². The lowest BCUT2D eigenvalue weighted by molar-refractivity contribution is 0.504. The molecule has 22 heavy (non-hydrogen) atoms. The number of benzene rings is 1. The summed E-state index contributed by atoms with van der Waals surface area (Å²) in [6.07, 6.45) is 5.34. The second kappa shape index (κ2) is 6.08. The Morgan fingerprint density at radius 2 is 2.05 bits per heavy atom. The quantitative estimate of drug-likeness (QED) is 0.915. The molecular formula is C15H19N3O3S. The van der Waals surface area contributed by atoms with Crippen LogP contribution in [0.3, 0.4) is 0 Å². The van der Waals surface area contributed by atoms with Crippen molar-refractivity contribution >= 4 is 16.0 Å². The third kappa shape index (κ3) is 2.99. The highest BCUT2D eigenvalue weighted by Gasteiger charge is 2.24. The zero-order valence-corrected chi connectivity index (χ0v) is 13.3. The molecule has 2 aromatic rings. The summed E-state index contributed by atoms with van der Waals surface area (Å²) in [5.41, 5.74) is 2.03. The zero-order chi connectivity index (χ0) is 15.6. The van der Waals surface area contributed by atoms with Crippen molar-refractivity contribution in [2.75, 3.05) is 4.72 Å². The average Bonchev–Trinajstić information content (AvgIpc) is 2.93. The van der Waals surface area contributed by atoms with Crippen LogP contribution in [0.2, 0.25) is 0 Å². The van der Waals surface area contributed by atoms with Crippen LogP contribution in [0.1, 0.15) is 43.2 Å². The highest BCUT2D eigenvalue weighted by molar-refractivity contribution is 7.92. The highest BCUT2D eigenvalue weighted by Crippen LogP contribution is 2.28. The number of nitrogens with zero attached hydrogens (tertiary/aromatic N) is 2. The van der Waals surface area contributed by atoms with Gasteiger partial charge in [-0.05, 0) is 49.3 Å². The van der Waals surface area contributed by atoms with E-state index in [9.17, 15) is 8.42 Å². The fourth-order valence-corrected chi connectivity index (χ4v) is 4.02. The maximum absolute atomic E-state index is 12.6. The molecule has 1 N–H and O–H groups in total. The van der Waals surface area contributed by atoms with E-state index in [0.717, 1.165) is 43.2 Å². The number of hydrogen-bond donors (Lipinski definition) is 1. The number of anilines is 1. The number of sulfonamides is 1. The fraction of sp³-hybridized carbons (Fsp3) is 0.467. The van der Waals surface area contributed by atoms with Crippen molar-refractivity contribution in [1.29, 1.82) is 0 Å². The molecule has 0 atom stereocenters. The minimum absolute atomic E-state index is 0.0723. The first kappa shape index (κ1) is 15.0. The van der Waals surface area contributed by atoms with Gasteiger partial charge in [-0.2, -0.15) is 0 Å². The summed E-state index contributed by atoms with van der Waals surface area (Å²) >= 11 is 0. The summed E-state index contributed by atoms with van der Waals surface area (Å²) in [6, 6.07) is 5.35. The van der Waals surface area contributed by atoms with Crippen LogP contribution in [-0.2, 0) is 29.3 Å². The van der Waals surface area contributed by atoms with Crippen LogP contribution < -0.4 is 4.72 Å². The monoisotopic (exact) mass is 321 g/mol. The van der Waals surface area contributed by atoms with Gasteiger partial charge in [0.05, 0.1) is 4.90 Å². The Morgan fingerprint density at radius 1 is 1.23 bits per heavy atom. The van der Waals surface area contributed by atoms with E-state index in [1.807, 2.05) is 13.0 Å². The van der Waals surface area contributed by atoms with Gasteiger partial charge < -0.3 is 4.42 Å². The molecule has 1 aliphatic rings. The first-order valence-corrected chi connectivity index (χ1v) is 9.04. The molecular weight excluding hydrogens is 302 g/mol. The Kier molecular flexibility index (Phi) is 4.15. The van der Waals surface area contributed by atoms with Gasteiger partial charge >= 0.3 is 6.01 Å². The van der Waals surface area contributed by atoms with Gasteiger partial charge in [-0.15, -0.1) is 5.10 Å². The Labute approximate surface area is 130 Å². The number of fused-ring (bicyclic) bond motifs is 1. The topological polar surface area (TPSA) is 85.1 Å². The predicted octanol–water partition coefficient (Wildman–Crippen LogP) is 2.70. The van der Waals surface area contributed by atoms with E-state index >= 15 is 0 Å². The summed E-state index contributed by atoms with van der Waals surface area (Å²) in [4.78, 5) is 0.319. The molecule has 0 saturated heterocycles. The number of nitrogens with one attached hydrogen (secondary N) is 1. The van der Waals surface area contributed by atoms with Gasteiger partial charge in [-0.25, -0.2) is 13.1 Å². The summed E-state index contributed by atoms with van der Waals surface area (Å²) in [5, 5.41) is 7.58. The van der Waals surface area contributed by atoms with Crippen molar-refractivity contribution in [3.8, 4) is 0 Å². The van der Waals surface area contributed by atoms with Crippen LogP contribution >= 0.6 is 0 Å². The molecule has 0 unspecified atom stereocenters. The molecule has 1 aromatic carbocycles. The van der Waals surface area contributed by atoms with Gasteiger partial charge in [0.15, 0.2) is 0 Å². The van der Waals surface area contributed by atoms with Gasteiger partial charge in [-0.1, -0.05) is 24.2 Å². The largest absolute Gasteiger partial charge is 0.407 e. The molecule has 0 radical (unpaired) electrons. The highest BCUT2D eigenvalue weighted by atomic mass is 32.2. The Hall–Kier alpha value is -1.89. The van der Waals surface area contributed by atoms with Crippen molar-refractivity contribution in [3.05, 3.63) is 35.2 Å². The number of hydrogen-bond acceptors (Lipinski definition) is 5. The molecule has 1 aliphatic carbocycles. The molecule has 3 rings (SSSR count).